The van der Waals surface area contributed by atoms with Crippen molar-refractivity contribution in [3.8, 4) is 0 Å². The van der Waals surface area contributed by atoms with E-state index in [1.54, 1.807) is 0 Å². The zero-order chi connectivity index (χ0) is 55.5. The maximum absolute atomic E-state index is 12.7. The number of rotatable bonds is 21. The summed E-state index contributed by atoms with van der Waals surface area (Å²) < 4.78 is 230. The van der Waals surface area contributed by atoms with Crippen molar-refractivity contribution >= 4 is 134 Å². The van der Waals surface area contributed by atoms with E-state index in [1.165, 1.54) is 30.3 Å². The van der Waals surface area contributed by atoms with Gasteiger partial charge in [-0.3, -0.25) is 19.1 Å². The van der Waals surface area contributed by atoms with Gasteiger partial charge in [-0.2, -0.15) is 18.4 Å². The van der Waals surface area contributed by atoms with Crippen molar-refractivity contribution in [3.05, 3.63) is 96.6 Å². The Labute approximate surface area is 565 Å². The van der Waals surface area contributed by atoms with E-state index in [4.69, 9.17) is 9.96 Å². The summed E-state index contributed by atoms with van der Waals surface area (Å²) in [4.78, 5) is 11.2. The molecule has 1 heterocycles. The quantitative estimate of drug-likeness (QED) is 0.00973. The molecule has 44 heteroatoms. The van der Waals surface area contributed by atoms with Crippen LogP contribution in [0.5, 0.6) is 0 Å². The Bertz CT molecular complexity index is 4070. The van der Waals surface area contributed by atoms with Gasteiger partial charge in [-0.25, -0.2) is 59.7 Å². The summed E-state index contributed by atoms with van der Waals surface area (Å²) in [5.74, 6) is -2.22. The Kier molecular flexibility index (Phi) is 28.9. The van der Waals surface area contributed by atoms with Crippen molar-refractivity contribution in [1.29, 1.82) is 5.41 Å². The van der Waals surface area contributed by atoms with Crippen molar-refractivity contribution in [3.63, 3.8) is 0 Å². The van der Waals surface area contributed by atoms with E-state index in [0.29, 0.717) is 18.2 Å². The van der Waals surface area contributed by atoms with Gasteiger partial charge in [0, 0.05) is 22.8 Å². The average molecular weight is 1290 g/mol. The molecular formula is C36H29N10Na5O22S7. The van der Waals surface area contributed by atoms with Crippen LogP contribution >= 0.6 is 0 Å². The molecule has 0 aliphatic rings. The number of azo groups is 1. The van der Waals surface area contributed by atoms with Crippen molar-refractivity contribution < 1.29 is 243 Å². The van der Waals surface area contributed by atoms with Gasteiger partial charge >= 0.3 is 158 Å². The first-order valence-corrected chi connectivity index (χ1v) is 29.8. The van der Waals surface area contributed by atoms with Crippen LogP contribution in [-0.4, -0.2) is 127 Å². The number of sulfone groups is 2. The number of hydrogen-bond donors (Lipinski definition) is 6. The number of fused-ring (bicyclic) bond motifs is 1. The molecule has 0 amide bonds. The third-order valence-electron chi connectivity index (χ3n) is 9.29. The minimum absolute atomic E-state index is 0. The standard InChI is InChI=1S/C36H34N10O22S7.5Na/c37-33(47)41-29-17-23(5-10-28(29)45-46-30-19-27-20(16-32(30)73(58,59)60)15-26(71(52,53)54)18-31(27)72(55,56)57)40-36-43-34(38-21-1-6-24(7-2-21)69(48,49)13-11-67-74(61,62)63)42-35(44-36)39-22-3-8-25(9-4-22)70(50,51)14-12-68-75(64,65)66;;;;;/h1-10,15-19H,11-14H2,(H3,37,41,47)(H,52,53,54)(H,55,56,57)(H,58,59,60)(H,61,62,63)(H,64,65,66)(H3,38,39,40,42,43,44);;;;;/q;5*+1/p-5. The van der Waals surface area contributed by atoms with Crippen LogP contribution in [0.15, 0.2) is 131 Å². The molecule has 6 rings (SSSR count). The Hall–Kier alpha value is -1.99. The third-order valence-corrected chi connectivity index (χ3v) is 16.2. The molecule has 1 aromatic heterocycles. The van der Waals surface area contributed by atoms with Crippen LogP contribution in [0.2, 0.25) is 0 Å². The summed E-state index contributed by atoms with van der Waals surface area (Å²) in [6, 6.07) is 13.0. The van der Waals surface area contributed by atoms with Crippen molar-refractivity contribution in [2.75, 3.05) is 40.7 Å². The van der Waals surface area contributed by atoms with Gasteiger partial charge in [-0.05, 0) is 96.4 Å². The Morgan fingerprint density at radius 2 is 1.10 bits per heavy atom. The Morgan fingerprint density at radius 3 is 1.59 bits per heavy atom. The first-order chi connectivity index (χ1) is 34.5. The van der Waals surface area contributed by atoms with Crippen LogP contribution < -0.4 is 174 Å². The fourth-order valence-corrected chi connectivity index (χ4v) is 11.1. The molecule has 32 nitrogen and oxygen atoms in total. The summed E-state index contributed by atoms with van der Waals surface area (Å²) in [6.07, 6.45) is 0. The van der Waals surface area contributed by atoms with E-state index in [9.17, 15) is 82.2 Å². The summed E-state index contributed by atoms with van der Waals surface area (Å²) >= 11 is 0. The first-order valence-electron chi connectivity index (χ1n) is 19.6. The molecule has 6 N–H and O–H groups in total. The maximum atomic E-state index is 12.7. The monoisotopic (exact) mass is 1290 g/mol. The molecule has 0 unspecified atom stereocenters. The molecule has 402 valence electrons. The first kappa shape index (κ1) is 76.0. The second kappa shape index (κ2) is 30.4. The fraction of sp³-hybridized carbons (Fsp3) is 0.111. The molecule has 6 aromatic rings. The van der Waals surface area contributed by atoms with Crippen molar-refractivity contribution in [2.24, 2.45) is 15.2 Å². The maximum Gasteiger partial charge on any atom is 1.00 e. The minimum Gasteiger partial charge on any atom is -0.846 e. The van der Waals surface area contributed by atoms with Gasteiger partial charge in [-0.15, -0.1) is 10.2 Å². The number of benzene rings is 5. The van der Waals surface area contributed by atoms with Crippen LogP contribution in [0, 0.1) is 5.41 Å². The van der Waals surface area contributed by atoms with Gasteiger partial charge in [0.05, 0.1) is 60.6 Å². The zero-order valence-electron chi connectivity index (χ0n) is 41.6. The fourth-order valence-electron chi connectivity index (χ4n) is 6.13. The SMILES string of the molecule is N=C([O-])Nc1cc(N=c2nc(Nc3ccc(S(=O)(=O)CCOS(=O)(=O)O)cc3)nc(Nc3ccc(S(=O)(=O)CCOS(=O)(=O)[O-])cc3)[nH]2)ccc1N=Nc1cc2c(S(=O)(=O)[O-])cc(S(=O)(=O)[O-])cc2cc1S(=O)(=O)[O-].[Na+].[Na+].[Na+].[Na+].[Na+]. The summed E-state index contributed by atoms with van der Waals surface area (Å²) in [6.45, 7) is -1.87. The summed E-state index contributed by atoms with van der Waals surface area (Å²) in [5, 5.41) is 33.4. The summed E-state index contributed by atoms with van der Waals surface area (Å²) in [5.41, 5.74) is -1.88. The van der Waals surface area contributed by atoms with E-state index in [2.05, 4.69) is 54.5 Å². The second-order valence-electron chi connectivity index (χ2n) is 14.6. The molecule has 0 aliphatic heterocycles. The zero-order valence-corrected chi connectivity index (χ0v) is 57.3. The van der Waals surface area contributed by atoms with Crippen LogP contribution in [0.25, 0.3) is 10.8 Å². The normalized spacial score (nSPS) is 12.4. The smallest absolute Gasteiger partial charge is 0.846 e. The minimum atomic E-state index is -5.60. The number of nitrogens with one attached hydrogen (secondary N) is 5. The third kappa shape index (κ3) is 22.5. The Morgan fingerprint density at radius 1 is 0.588 bits per heavy atom. The molecule has 80 heavy (non-hydrogen) atoms. The van der Waals surface area contributed by atoms with Gasteiger partial charge < -0.3 is 39.3 Å². The average Bonchev–Trinajstić information content (AvgIpc) is 3.26. The van der Waals surface area contributed by atoms with Crippen LogP contribution in [0.1, 0.15) is 0 Å². The van der Waals surface area contributed by atoms with E-state index in [1.807, 2.05) is 0 Å². The molecule has 0 spiro atoms. The summed E-state index contributed by atoms with van der Waals surface area (Å²) in [7, 11) is -35.1. The van der Waals surface area contributed by atoms with Gasteiger partial charge in [-0.1, -0.05) is 0 Å². The molecule has 0 fully saturated rings. The van der Waals surface area contributed by atoms with Crippen molar-refractivity contribution in [1.82, 2.24) is 15.0 Å². The van der Waals surface area contributed by atoms with E-state index in [-0.39, 0.29) is 204 Å². The van der Waals surface area contributed by atoms with Crippen LogP contribution in [0.3, 0.4) is 0 Å². The van der Waals surface area contributed by atoms with Gasteiger partial charge in [0.25, 0.3) is 0 Å². The second-order valence-corrected chi connectivity index (χ2v) is 25.0. The van der Waals surface area contributed by atoms with E-state index in [0.717, 1.165) is 36.4 Å². The van der Waals surface area contributed by atoms with Gasteiger partial charge in [0.2, 0.25) is 27.9 Å². The number of amidine groups is 1. The number of aromatic amines is 1. The number of aromatic nitrogens is 3. The molecule has 0 radical (unpaired) electrons. The molecule has 0 bridgehead atoms. The molecule has 5 aromatic carbocycles. The van der Waals surface area contributed by atoms with E-state index >= 15 is 0 Å². The number of H-pyrrole nitrogens is 1. The molecule has 0 atom stereocenters. The van der Waals surface area contributed by atoms with Gasteiger partial charge in [0.1, 0.15) is 41.7 Å². The predicted octanol–water partition coefficient (Wildman–Crippen LogP) is -14.6. The van der Waals surface area contributed by atoms with Crippen molar-refractivity contribution in [2.45, 2.75) is 24.5 Å². The topological polar surface area (TPSA) is 532 Å². The van der Waals surface area contributed by atoms with Gasteiger partial charge in [0.15, 0.2) is 19.7 Å². The molecule has 0 aliphatic carbocycles. The number of anilines is 5. The molecule has 0 saturated carbocycles. The van der Waals surface area contributed by atoms with Crippen LogP contribution in [0.4, 0.5) is 46.0 Å². The number of hydrogen-bond acceptors (Lipinski definition) is 29. The molecule has 0 saturated heterocycles. The predicted molar refractivity (Wildman–Crippen MR) is 248 cm³/mol. The van der Waals surface area contributed by atoms with Crippen LogP contribution in [-0.2, 0) is 79.2 Å². The Balaban J connectivity index is 0.00000640. The molecular weight excluding hydrogens is 1260 g/mol. The number of nitrogens with zero attached hydrogens (tertiary/aromatic N) is 5. The van der Waals surface area contributed by atoms with E-state index < -0.39 is 138 Å². The largest absolute Gasteiger partial charge is 1.00 e.